The summed E-state index contributed by atoms with van der Waals surface area (Å²) in [5, 5.41) is 2.90. The zero-order valence-electron chi connectivity index (χ0n) is 13.2. The molecule has 1 N–H and O–H groups in total. The van der Waals surface area contributed by atoms with E-state index in [1.54, 1.807) is 0 Å². The Balaban J connectivity index is 1.56. The summed E-state index contributed by atoms with van der Waals surface area (Å²) in [6.45, 7) is 3.31. The Morgan fingerprint density at radius 3 is 2.82 bits per heavy atom. The topological polar surface area (TPSA) is 49.4 Å². The number of anilines is 1. The minimum Gasteiger partial charge on any atom is -0.355 e. The summed E-state index contributed by atoms with van der Waals surface area (Å²) in [6.07, 6.45) is 4.56. The van der Waals surface area contributed by atoms with Crippen LogP contribution in [0.4, 0.5) is 5.69 Å². The Bertz CT molecular complexity index is 570. The van der Waals surface area contributed by atoms with Gasteiger partial charge in [-0.15, -0.1) is 0 Å². The summed E-state index contributed by atoms with van der Waals surface area (Å²) < 4.78 is 0. The average molecular weight is 300 g/mol. The number of fused-ring (bicyclic) bond motifs is 1. The van der Waals surface area contributed by atoms with Gasteiger partial charge in [-0.1, -0.05) is 25.1 Å². The Morgan fingerprint density at radius 2 is 2.05 bits per heavy atom. The Kier molecular flexibility index (Phi) is 4.46. The zero-order chi connectivity index (χ0) is 15.5. The molecule has 118 valence electrons. The summed E-state index contributed by atoms with van der Waals surface area (Å²) in [5.74, 6) is 0.900. The van der Waals surface area contributed by atoms with Gasteiger partial charge in [0.15, 0.2) is 0 Å². The average Bonchev–Trinajstić information content (AvgIpc) is 3.28. The van der Waals surface area contributed by atoms with Crippen LogP contribution in [0.2, 0.25) is 0 Å². The van der Waals surface area contributed by atoms with Crippen LogP contribution in [-0.4, -0.2) is 24.9 Å². The van der Waals surface area contributed by atoms with Crippen LogP contribution >= 0.6 is 0 Å². The Morgan fingerprint density at radius 1 is 1.27 bits per heavy atom. The van der Waals surface area contributed by atoms with Gasteiger partial charge in [-0.3, -0.25) is 9.59 Å². The second-order valence-corrected chi connectivity index (χ2v) is 6.49. The van der Waals surface area contributed by atoms with Crippen molar-refractivity contribution in [2.24, 2.45) is 11.8 Å². The third kappa shape index (κ3) is 3.32. The van der Waals surface area contributed by atoms with Crippen molar-refractivity contribution >= 4 is 17.5 Å². The first-order valence-electron chi connectivity index (χ1n) is 8.33. The number of para-hydroxylation sites is 1. The van der Waals surface area contributed by atoms with Gasteiger partial charge in [0.1, 0.15) is 0 Å². The summed E-state index contributed by atoms with van der Waals surface area (Å²) in [5.41, 5.74) is 2.30. The van der Waals surface area contributed by atoms with Crippen LogP contribution in [0.5, 0.6) is 0 Å². The number of benzene rings is 1. The Hall–Kier alpha value is -1.84. The smallest absolute Gasteiger partial charge is 0.228 e. The minimum absolute atomic E-state index is 0.108. The van der Waals surface area contributed by atoms with E-state index in [0.717, 1.165) is 37.9 Å². The predicted octanol–water partition coefficient (Wildman–Crippen LogP) is 2.52. The molecule has 1 heterocycles. The molecule has 0 saturated heterocycles. The Labute approximate surface area is 131 Å². The number of rotatable bonds is 4. The molecule has 0 aromatic heterocycles. The van der Waals surface area contributed by atoms with E-state index in [0.29, 0.717) is 18.9 Å². The maximum absolute atomic E-state index is 12.5. The fourth-order valence-electron chi connectivity index (χ4n) is 3.20. The quantitative estimate of drug-likeness (QED) is 0.929. The van der Waals surface area contributed by atoms with Crippen LogP contribution in [0.3, 0.4) is 0 Å². The van der Waals surface area contributed by atoms with Gasteiger partial charge in [-0.05, 0) is 43.2 Å². The molecule has 1 aromatic rings. The maximum Gasteiger partial charge on any atom is 0.228 e. The van der Waals surface area contributed by atoms with E-state index >= 15 is 0 Å². The molecule has 1 aliphatic carbocycles. The molecule has 1 saturated carbocycles. The van der Waals surface area contributed by atoms with Crippen molar-refractivity contribution in [3.63, 3.8) is 0 Å². The number of hydrogen-bond acceptors (Lipinski definition) is 2. The largest absolute Gasteiger partial charge is 0.355 e. The minimum atomic E-state index is 0.108. The van der Waals surface area contributed by atoms with Gasteiger partial charge in [0.25, 0.3) is 0 Å². The highest BCUT2D eigenvalue weighted by Gasteiger charge is 2.38. The van der Waals surface area contributed by atoms with Crippen molar-refractivity contribution in [3.05, 3.63) is 29.8 Å². The molecule has 0 radical (unpaired) electrons. The maximum atomic E-state index is 12.5. The number of hydrogen-bond donors (Lipinski definition) is 1. The van der Waals surface area contributed by atoms with E-state index in [4.69, 9.17) is 0 Å². The van der Waals surface area contributed by atoms with Gasteiger partial charge in [0, 0.05) is 31.1 Å². The van der Waals surface area contributed by atoms with E-state index in [-0.39, 0.29) is 17.7 Å². The van der Waals surface area contributed by atoms with Gasteiger partial charge in [-0.25, -0.2) is 0 Å². The summed E-state index contributed by atoms with van der Waals surface area (Å²) in [4.78, 5) is 26.2. The van der Waals surface area contributed by atoms with Crippen molar-refractivity contribution in [1.29, 1.82) is 0 Å². The molecule has 1 aliphatic heterocycles. The number of nitrogens with zero attached hydrogens (tertiary/aromatic N) is 1. The first-order chi connectivity index (χ1) is 10.7. The molecule has 1 fully saturated rings. The molecule has 3 rings (SSSR count). The van der Waals surface area contributed by atoms with Crippen molar-refractivity contribution in [2.45, 2.75) is 39.0 Å². The van der Waals surface area contributed by atoms with Crippen LogP contribution in [0, 0.1) is 11.8 Å². The molecule has 2 aliphatic rings. The molecule has 4 nitrogen and oxygen atoms in total. The number of aryl methyl sites for hydroxylation is 1. The van der Waals surface area contributed by atoms with Crippen LogP contribution in [-0.2, 0) is 16.0 Å². The van der Waals surface area contributed by atoms with Crippen molar-refractivity contribution < 1.29 is 9.59 Å². The third-order valence-electron chi connectivity index (χ3n) is 4.75. The van der Waals surface area contributed by atoms with Gasteiger partial charge in [0.2, 0.25) is 11.8 Å². The molecule has 2 atom stereocenters. The van der Waals surface area contributed by atoms with E-state index < -0.39 is 0 Å². The SMILES string of the molecule is C[C@H]1C[C@H]1C(=O)NCCC(=O)N1CCCCc2ccccc21. The molecule has 0 unspecified atom stereocenters. The fourth-order valence-corrected chi connectivity index (χ4v) is 3.20. The third-order valence-corrected chi connectivity index (χ3v) is 4.75. The number of nitrogens with one attached hydrogen (secondary N) is 1. The van der Waals surface area contributed by atoms with Crippen LogP contribution in [0.25, 0.3) is 0 Å². The van der Waals surface area contributed by atoms with Crippen LogP contribution in [0.15, 0.2) is 24.3 Å². The van der Waals surface area contributed by atoms with E-state index in [2.05, 4.69) is 18.3 Å². The fraction of sp³-hybridized carbons (Fsp3) is 0.556. The standard InChI is InChI=1S/C18H24N2O2/c1-13-12-15(13)18(22)19-10-9-17(21)20-11-5-4-7-14-6-2-3-8-16(14)20/h2-3,6,8,13,15H,4-5,7,9-12H2,1H3,(H,19,22)/t13-,15+/m0/s1. The molecule has 2 amide bonds. The highest BCUT2D eigenvalue weighted by atomic mass is 16.2. The first-order valence-corrected chi connectivity index (χ1v) is 8.33. The lowest BCUT2D eigenvalue weighted by molar-refractivity contribution is -0.122. The molecular formula is C18H24N2O2. The second-order valence-electron chi connectivity index (χ2n) is 6.49. The highest BCUT2D eigenvalue weighted by Crippen LogP contribution is 2.37. The lowest BCUT2D eigenvalue weighted by Crippen LogP contribution is -2.35. The molecule has 4 heteroatoms. The second kappa shape index (κ2) is 6.51. The first kappa shape index (κ1) is 15.1. The van der Waals surface area contributed by atoms with Crippen LogP contribution < -0.4 is 10.2 Å². The van der Waals surface area contributed by atoms with Gasteiger partial charge >= 0.3 is 0 Å². The normalized spacial score (nSPS) is 23.4. The van der Waals surface area contributed by atoms with Crippen LogP contribution in [0.1, 0.15) is 38.2 Å². The summed E-state index contributed by atoms with van der Waals surface area (Å²) in [7, 11) is 0. The molecule has 0 bridgehead atoms. The van der Waals surface area contributed by atoms with E-state index in [1.165, 1.54) is 5.56 Å². The van der Waals surface area contributed by atoms with Crippen molar-refractivity contribution in [1.82, 2.24) is 5.32 Å². The predicted molar refractivity (Wildman–Crippen MR) is 86.6 cm³/mol. The van der Waals surface area contributed by atoms with Gasteiger partial charge in [0.05, 0.1) is 0 Å². The van der Waals surface area contributed by atoms with Crippen molar-refractivity contribution in [3.8, 4) is 0 Å². The lowest BCUT2D eigenvalue weighted by atomic mass is 10.1. The van der Waals surface area contributed by atoms with Gasteiger partial charge < -0.3 is 10.2 Å². The van der Waals surface area contributed by atoms with E-state index in [1.807, 2.05) is 23.1 Å². The van der Waals surface area contributed by atoms with Gasteiger partial charge in [-0.2, -0.15) is 0 Å². The lowest BCUT2D eigenvalue weighted by Gasteiger charge is -2.23. The monoisotopic (exact) mass is 300 g/mol. The summed E-state index contributed by atoms with van der Waals surface area (Å²) >= 11 is 0. The highest BCUT2D eigenvalue weighted by molar-refractivity contribution is 5.94. The summed E-state index contributed by atoms with van der Waals surface area (Å²) in [6, 6.07) is 8.16. The zero-order valence-corrected chi connectivity index (χ0v) is 13.2. The van der Waals surface area contributed by atoms with Crippen molar-refractivity contribution in [2.75, 3.05) is 18.0 Å². The molecule has 0 spiro atoms. The van der Waals surface area contributed by atoms with E-state index in [9.17, 15) is 9.59 Å². The number of amides is 2. The number of carbonyl (C=O) groups excluding carboxylic acids is 2. The molecule has 22 heavy (non-hydrogen) atoms. The molecular weight excluding hydrogens is 276 g/mol. The number of carbonyl (C=O) groups is 2. The molecule has 1 aromatic carbocycles.